The zero-order chi connectivity index (χ0) is 19.4. The van der Waals surface area contributed by atoms with Gasteiger partial charge in [-0.25, -0.2) is 4.98 Å². The van der Waals surface area contributed by atoms with Crippen molar-refractivity contribution in [1.29, 1.82) is 0 Å². The van der Waals surface area contributed by atoms with Crippen LogP contribution in [0.3, 0.4) is 0 Å². The van der Waals surface area contributed by atoms with Crippen LogP contribution in [0.4, 0.5) is 0 Å². The van der Waals surface area contributed by atoms with Crippen molar-refractivity contribution in [3.05, 3.63) is 65.5 Å². The lowest BCUT2D eigenvalue weighted by molar-refractivity contribution is -0.118. The molecule has 4 heteroatoms. The molecule has 142 valence electrons. The predicted octanol–water partition coefficient (Wildman–Crippen LogP) is 4.45. The topological polar surface area (TPSA) is 46.9 Å². The molecule has 1 heterocycles. The molecule has 3 aromatic rings. The fourth-order valence-corrected chi connectivity index (χ4v) is 3.30. The lowest BCUT2D eigenvalue weighted by atomic mass is 9.87. The minimum absolute atomic E-state index is 0.0161. The van der Waals surface area contributed by atoms with Crippen LogP contribution < -0.4 is 5.32 Å². The lowest BCUT2D eigenvalue weighted by Gasteiger charge is -2.19. The van der Waals surface area contributed by atoms with E-state index in [0.29, 0.717) is 6.54 Å². The average Bonchev–Trinajstić information content (AvgIpc) is 2.96. The summed E-state index contributed by atoms with van der Waals surface area (Å²) in [7, 11) is 0. The Balaban J connectivity index is 1.83. The molecule has 0 aliphatic heterocycles. The zero-order valence-corrected chi connectivity index (χ0v) is 16.7. The number of nitrogens with zero attached hydrogens (tertiary/aromatic N) is 2. The van der Waals surface area contributed by atoms with Gasteiger partial charge in [-0.15, -0.1) is 0 Å². The highest BCUT2D eigenvalue weighted by Crippen LogP contribution is 2.24. The Bertz CT molecular complexity index is 917. The molecule has 1 aromatic heterocycles. The molecular weight excluding hydrogens is 334 g/mol. The maximum atomic E-state index is 11.1. The Hall–Kier alpha value is -2.62. The monoisotopic (exact) mass is 363 g/mol. The second-order valence-corrected chi connectivity index (χ2v) is 8.14. The summed E-state index contributed by atoms with van der Waals surface area (Å²) in [5.74, 6) is 1.09. The third-order valence-electron chi connectivity index (χ3n) is 4.85. The molecule has 27 heavy (non-hydrogen) atoms. The van der Waals surface area contributed by atoms with Crippen molar-refractivity contribution in [2.75, 3.05) is 6.54 Å². The Morgan fingerprint density at radius 3 is 2.44 bits per heavy atom. The van der Waals surface area contributed by atoms with Crippen LogP contribution in [0.25, 0.3) is 11.0 Å². The number of amides is 1. The van der Waals surface area contributed by atoms with Crippen LogP contribution in [0.5, 0.6) is 0 Å². The number of carbonyl (C=O) groups excluding carboxylic acids is 1. The number of carbonyl (C=O) groups is 1. The summed E-state index contributed by atoms with van der Waals surface area (Å²) in [4.78, 5) is 15.9. The first-order valence-electron chi connectivity index (χ1n) is 9.62. The number of imidazole rings is 1. The number of nitrogens with one attached hydrogen (secondary N) is 1. The third kappa shape index (κ3) is 4.76. The van der Waals surface area contributed by atoms with Crippen molar-refractivity contribution >= 4 is 16.9 Å². The molecule has 0 spiro atoms. The molecule has 3 rings (SSSR count). The second kappa shape index (κ2) is 7.95. The second-order valence-electron chi connectivity index (χ2n) is 8.14. The van der Waals surface area contributed by atoms with E-state index in [4.69, 9.17) is 4.98 Å². The lowest BCUT2D eigenvalue weighted by Crippen LogP contribution is -2.21. The van der Waals surface area contributed by atoms with E-state index in [1.54, 1.807) is 6.92 Å². The van der Waals surface area contributed by atoms with Gasteiger partial charge in [-0.05, 0) is 35.1 Å². The average molecular weight is 364 g/mol. The molecule has 1 N–H and O–H groups in total. The van der Waals surface area contributed by atoms with Gasteiger partial charge in [-0.3, -0.25) is 4.79 Å². The molecule has 0 aliphatic carbocycles. The van der Waals surface area contributed by atoms with E-state index in [-0.39, 0.29) is 11.3 Å². The first kappa shape index (κ1) is 19.2. The smallest absolute Gasteiger partial charge is 0.216 e. The molecule has 0 saturated carbocycles. The Labute approximate surface area is 161 Å². The van der Waals surface area contributed by atoms with Gasteiger partial charge in [0.05, 0.1) is 11.0 Å². The van der Waals surface area contributed by atoms with Crippen LogP contribution in [-0.2, 0) is 23.2 Å². The third-order valence-corrected chi connectivity index (χ3v) is 4.85. The maximum Gasteiger partial charge on any atom is 0.216 e. The molecule has 0 saturated heterocycles. The highest BCUT2D eigenvalue weighted by atomic mass is 16.1. The normalized spacial score (nSPS) is 11.7. The van der Waals surface area contributed by atoms with E-state index in [1.807, 2.05) is 6.07 Å². The van der Waals surface area contributed by atoms with Crippen LogP contribution in [-0.4, -0.2) is 22.0 Å². The van der Waals surface area contributed by atoms with Gasteiger partial charge in [0.1, 0.15) is 5.82 Å². The number of aryl methyl sites for hydroxylation is 1. The number of hydrogen-bond donors (Lipinski definition) is 1. The standard InChI is InChI=1S/C23H29N3O/c1-17(27)24-15-7-10-22-25-20-8-5-6-9-21(20)26(22)16-18-11-13-19(14-12-18)23(2,3)4/h5-6,8-9,11-14H,7,10,15-16H2,1-4H3,(H,24,27). The summed E-state index contributed by atoms with van der Waals surface area (Å²) in [5.41, 5.74) is 4.96. The Morgan fingerprint density at radius 1 is 1.07 bits per heavy atom. The first-order chi connectivity index (χ1) is 12.8. The van der Waals surface area contributed by atoms with Crippen LogP contribution >= 0.6 is 0 Å². The van der Waals surface area contributed by atoms with Crippen LogP contribution in [0.2, 0.25) is 0 Å². The van der Waals surface area contributed by atoms with Gasteiger partial charge in [-0.2, -0.15) is 0 Å². The van der Waals surface area contributed by atoms with Crippen molar-refractivity contribution in [2.45, 2.75) is 52.5 Å². The van der Waals surface area contributed by atoms with Crippen molar-refractivity contribution in [1.82, 2.24) is 14.9 Å². The van der Waals surface area contributed by atoms with Crippen LogP contribution in [0.1, 0.15) is 51.1 Å². The Kier molecular flexibility index (Phi) is 5.64. The van der Waals surface area contributed by atoms with E-state index in [1.165, 1.54) is 11.1 Å². The number of benzene rings is 2. The molecule has 1 amide bonds. The van der Waals surface area contributed by atoms with Gasteiger partial charge in [0.25, 0.3) is 0 Å². The largest absolute Gasteiger partial charge is 0.356 e. The van der Waals surface area contributed by atoms with E-state index in [2.05, 4.69) is 73.1 Å². The minimum atomic E-state index is 0.0161. The van der Waals surface area contributed by atoms with E-state index in [9.17, 15) is 4.79 Å². The van der Waals surface area contributed by atoms with Crippen molar-refractivity contribution in [3.63, 3.8) is 0 Å². The van der Waals surface area contributed by atoms with Gasteiger partial charge in [0.2, 0.25) is 5.91 Å². The fraction of sp³-hybridized carbons (Fsp3) is 0.391. The summed E-state index contributed by atoms with van der Waals surface area (Å²) in [6.45, 7) is 9.74. The van der Waals surface area contributed by atoms with E-state index >= 15 is 0 Å². The summed E-state index contributed by atoms with van der Waals surface area (Å²) in [5, 5.41) is 2.86. The number of hydrogen-bond acceptors (Lipinski definition) is 2. The Morgan fingerprint density at radius 2 is 1.78 bits per heavy atom. The van der Waals surface area contributed by atoms with Gasteiger partial charge < -0.3 is 9.88 Å². The van der Waals surface area contributed by atoms with Crippen molar-refractivity contribution in [2.24, 2.45) is 0 Å². The number of fused-ring (bicyclic) bond motifs is 1. The van der Waals surface area contributed by atoms with Gasteiger partial charge in [-0.1, -0.05) is 57.2 Å². The SMILES string of the molecule is CC(=O)NCCCc1nc2ccccc2n1Cc1ccc(C(C)(C)C)cc1. The van der Waals surface area contributed by atoms with Crippen molar-refractivity contribution < 1.29 is 4.79 Å². The van der Waals surface area contributed by atoms with E-state index < -0.39 is 0 Å². The minimum Gasteiger partial charge on any atom is -0.356 e. The molecule has 2 aromatic carbocycles. The van der Waals surface area contributed by atoms with Gasteiger partial charge >= 0.3 is 0 Å². The number of para-hydroxylation sites is 2. The molecule has 0 radical (unpaired) electrons. The highest BCUT2D eigenvalue weighted by Gasteiger charge is 2.14. The fourth-order valence-electron chi connectivity index (χ4n) is 3.30. The predicted molar refractivity (Wildman–Crippen MR) is 111 cm³/mol. The summed E-state index contributed by atoms with van der Waals surface area (Å²) in [6.07, 6.45) is 1.72. The van der Waals surface area contributed by atoms with Crippen LogP contribution in [0.15, 0.2) is 48.5 Å². The van der Waals surface area contributed by atoms with Crippen LogP contribution in [0, 0.1) is 0 Å². The molecule has 0 bridgehead atoms. The highest BCUT2D eigenvalue weighted by molar-refractivity contribution is 5.76. The first-order valence-corrected chi connectivity index (χ1v) is 9.62. The molecule has 4 nitrogen and oxygen atoms in total. The maximum absolute atomic E-state index is 11.1. The molecule has 0 unspecified atom stereocenters. The molecular formula is C23H29N3O. The van der Waals surface area contributed by atoms with Gasteiger partial charge in [0, 0.05) is 26.4 Å². The summed E-state index contributed by atoms with van der Waals surface area (Å²) in [6, 6.07) is 17.2. The molecule has 0 aliphatic rings. The summed E-state index contributed by atoms with van der Waals surface area (Å²) >= 11 is 0. The van der Waals surface area contributed by atoms with E-state index in [0.717, 1.165) is 36.2 Å². The van der Waals surface area contributed by atoms with Crippen molar-refractivity contribution in [3.8, 4) is 0 Å². The summed E-state index contributed by atoms with van der Waals surface area (Å²) < 4.78 is 2.30. The zero-order valence-electron chi connectivity index (χ0n) is 16.7. The number of rotatable bonds is 6. The molecule has 0 fully saturated rings. The van der Waals surface area contributed by atoms with Gasteiger partial charge in [0.15, 0.2) is 0 Å². The quantitative estimate of drug-likeness (QED) is 0.658. The number of aromatic nitrogens is 2. The molecule has 0 atom stereocenters.